The van der Waals surface area contributed by atoms with Gasteiger partial charge in [-0.25, -0.2) is 8.42 Å². The predicted octanol–water partition coefficient (Wildman–Crippen LogP) is 3.73. The minimum Gasteiger partial charge on any atom is -0.394 e. The van der Waals surface area contributed by atoms with Crippen LogP contribution in [0.25, 0.3) is 0 Å². The van der Waals surface area contributed by atoms with E-state index in [9.17, 15) is 36.3 Å². The number of ketones is 1. The number of Topliss-reactive ketones (excluding diaryl/α,β-unsaturated/α-hetero) is 1. The molecule has 1 atom stereocenters. The second kappa shape index (κ2) is 11.1. The van der Waals surface area contributed by atoms with Crippen molar-refractivity contribution in [1.82, 2.24) is 0 Å². The van der Waals surface area contributed by atoms with Crippen molar-refractivity contribution in [3.8, 4) is 0 Å². The Labute approximate surface area is 205 Å². The molecule has 35 heavy (non-hydrogen) atoms. The smallest absolute Gasteiger partial charge is 0.394 e. The quantitative estimate of drug-likeness (QED) is 0.492. The summed E-state index contributed by atoms with van der Waals surface area (Å²) in [5.74, 6) is -0.437. The van der Waals surface area contributed by atoms with Crippen LogP contribution in [0.4, 0.5) is 18.9 Å². The minimum atomic E-state index is -4.74. The highest BCUT2D eigenvalue weighted by Gasteiger charge is 2.35. The molecule has 2 aromatic carbocycles. The van der Waals surface area contributed by atoms with Crippen LogP contribution in [0.5, 0.6) is 0 Å². The molecule has 12 heteroatoms. The van der Waals surface area contributed by atoms with E-state index in [0.29, 0.717) is 11.1 Å². The van der Waals surface area contributed by atoms with Gasteiger partial charge < -0.3 is 5.11 Å². The van der Waals surface area contributed by atoms with Crippen LogP contribution in [0, 0.1) is 0 Å². The number of aliphatic hydroxyl groups is 1. The molecule has 3 rings (SSSR count). The molecule has 0 bridgehead atoms. The van der Waals surface area contributed by atoms with Gasteiger partial charge in [0.05, 0.1) is 35.6 Å². The molecule has 1 aliphatic carbocycles. The number of benzene rings is 2. The molecule has 0 aromatic heterocycles. The van der Waals surface area contributed by atoms with E-state index in [-0.39, 0.29) is 58.6 Å². The van der Waals surface area contributed by atoms with Crippen LogP contribution in [0.3, 0.4) is 0 Å². The van der Waals surface area contributed by atoms with Crippen molar-refractivity contribution >= 4 is 38.4 Å². The molecule has 1 unspecified atom stereocenters. The van der Waals surface area contributed by atoms with Crippen molar-refractivity contribution in [3.05, 3.63) is 59.2 Å². The molecule has 0 fully saturated rings. The van der Waals surface area contributed by atoms with Crippen molar-refractivity contribution in [2.24, 2.45) is 0 Å². The summed E-state index contributed by atoms with van der Waals surface area (Å²) in [6.45, 7) is 0.575. The monoisotopic (exact) mass is 531 g/mol. The zero-order valence-corrected chi connectivity index (χ0v) is 20.4. The fourth-order valence-electron chi connectivity index (χ4n) is 3.84. The number of carbonyl (C=O) groups excluding carboxylic acids is 2. The first kappa shape index (κ1) is 27.2. The average Bonchev–Trinajstić information content (AvgIpc) is 2.79. The molecule has 190 valence electrons. The number of sulfonamides is 1. The third-order valence-electron chi connectivity index (χ3n) is 5.41. The number of fused-ring (bicyclic) bond motifs is 1. The summed E-state index contributed by atoms with van der Waals surface area (Å²) in [7, 11) is -4.17. The normalized spacial score (nSPS) is 16.0. The average molecular weight is 532 g/mol. The van der Waals surface area contributed by atoms with Gasteiger partial charge in [-0.15, -0.1) is 13.2 Å². The van der Waals surface area contributed by atoms with Gasteiger partial charge in [0.25, 0.3) is 10.0 Å². The van der Waals surface area contributed by atoms with Gasteiger partial charge in [0, 0.05) is 12.5 Å². The number of thioether (sulfide) groups is 1. The van der Waals surface area contributed by atoms with E-state index in [0.717, 1.165) is 16.1 Å². The molecule has 0 radical (unpaired) electrons. The Morgan fingerprint density at radius 2 is 1.91 bits per heavy atom. The van der Waals surface area contributed by atoms with Crippen molar-refractivity contribution in [3.63, 3.8) is 0 Å². The van der Waals surface area contributed by atoms with Crippen LogP contribution in [-0.2, 0) is 32.4 Å². The van der Waals surface area contributed by atoms with Crippen molar-refractivity contribution in [2.45, 2.75) is 43.5 Å². The molecule has 0 spiro atoms. The summed E-state index contributed by atoms with van der Waals surface area (Å²) < 4.78 is 69.7. The second-order valence-corrected chi connectivity index (χ2v) is 10.9. The zero-order valence-electron chi connectivity index (χ0n) is 18.7. The SMILES string of the molecule is CC(=O)SCC(=O)c1cccc(N(CCO)S(=O)(=O)c2ccc3c(c2)CCC(OC(F)(F)F)C3)c1. The molecule has 0 aliphatic heterocycles. The first-order chi connectivity index (χ1) is 16.4. The van der Waals surface area contributed by atoms with Crippen LogP contribution in [-0.4, -0.2) is 55.8 Å². The molecular weight excluding hydrogens is 507 g/mol. The molecular formula is C23H24F3NO6S2. The third kappa shape index (κ3) is 7.06. The number of nitrogens with zero attached hydrogens (tertiary/aromatic N) is 1. The first-order valence-corrected chi connectivity index (χ1v) is 13.1. The predicted molar refractivity (Wildman–Crippen MR) is 125 cm³/mol. The molecule has 7 nitrogen and oxygen atoms in total. The Hall–Kier alpha value is -2.41. The van der Waals surface area contributed by atoms with E-state index in [1.54, 1.807) is 0 Å². The largest absolute Gasteiger partial charge is 0.522 e. The van der Waals surface area contributed by atoms with Crippen LogP contribution in [0.2, 0.25) is 0 Å². The van der Waals surface area contributed by atoms with E-state index in [1.165, 1.54) is 49.4 Å². The van der Waals surface area contributed by atoms with Crippen LogP contribution in [0.1, 0.15) is 34.8 Å². The Bertz CT molecular complexity index is 1200. The number of rotatable bonds is 9. The molecule has 0 amide bonds. The maximum absolute atomic E-state index is 13.5. The maximum Gasteiger partial charge on any atom is 0.522 e. The van der Waals surface area contributed by atoms with Gasteiger partial charge in [-0.1, -0.05) is 30.0 Å². The molecule has 0 saturated carbocycles. The van der Waals surface area contributed by atoms with E-state index in [2.05, 4.69) is 4.74 Å². The Morgan fingerprint density at radius 3 is 2.57 bits per heavy atom. The molecule has 0 saturated heterocycles. The number of ether oxygens (including phenoxy) is 1. The van der Waals surface area contributed by atoms with E-state index in [1.807, 2.05) is 0 Å². The van der Waals surface area contributed by atoms with Gasteiger partial charge >= 0.3 is 6.36 Å². The third-order valence-corrected chi connectivity index (χ3v) is 8.05. The Balaban J connectivity index is 1.88. The Kier molecular flexibility index (Phi) is 8.63. The maximum atomic E-state index is 13.5. The fourth-order valence-corrected chi connectivity index (χ4v) is 5.84. The minimum absolute atomic E-state index is 0.0119. The lowest BCUT2D eigenvalue weighted by molar-refractivity contribution is -0.343. The number of anilines is 1. The summed E-state index contributed by atoms with van der Waals surface area (Å²) in [5.41, 5.74) is 1.57. The standard InChI is InChI=1S/C23H24F3NO6S2/c1-15(29)34-14-22(30)18-3-2-4-19(11-18)27(9-10-28)35(31,32)21-8-6-16-12-20(33-23(24,25)26)7-5-17(16)13-21/h2-4,6,8,11,13,20,28H,5,7,9-10,12,14H2,1H3. The number of carbonyl (C=O) groups is 2. The molecule has 2 aromatic rings. The van der Waals surface area contributed by atoms with E-state index in [4.69, 9.17) is 0 Å². The van der Waals surface area contributed by atoms with Gasteiger partial charge in [-0.3, -0.25) is 18.6 Å². The van der Waals surface area contributed by atoms with E-state index >= 15 is 0 Å². The van der Waals surface area contributed by atoms with Gasteiger partial charge in [-0.2, -0.15) is 0 Å². The van der Waals surface area contributed by atoms with Gasteiger partial charge in [0.2, 0.25) is 0 Å². The van der Waals surface area contributed by atoms with Gasteiger partial charge in [0.1, 0.15) is 0 Å². The summed E-state index contributed by atoms with van der Waals surface area (Å²) in [6.07, 6.45) is -5.44. The number of hydrogen-bond acceptors (Lipinski definition) is 7. The Morgan fingerprint density at radius 1 is 1.17 bits per heavy atom. The van der Waals surface area contributed by atoms with Gasteiger partial charge in [-0.05, 0) is 54.7 Å². The summed E-state index contributed by atoms with van der Waals surface area (Å²) in [6, 6.07) is 10.1. The molecule has 1 aliphatic rings. The lowest BCUT2D eigenvalue weighted by Crippen LogP contribution is -2.34. The molecule has 1 N–H and O–H groups in total. The van der Waals surface area contributed by atoms with Gasteiger partial charge in [0.15, 0.2) is 10.9 Å². The number of aliphatic hydroxyl groups excluding tert-OH is 1. The fraction of sp³-hybridized carbons (Fsp3) is 0.391. The van der Waals surface area contributed by atoms with Crippen molar-refractivity contribution in [2.75, 3.05) is 23.2 Å². The lowest BCUT2D eigenvalue weighted by Gasteiger charge is -2.27. The first-order valence-electron chi connectivity index (χ1n) is 10.7. The van der Waals surface area contributed by atoms with Crippen LogP contribution < -0.4 is 4.31 Å². The van der Waals surface area contributed by atoms with Crippen molar-refractivity contribution < 1.29 is 41.0 Å². The van der Waals surface area contributed by atoms with Crippen molar-refractivity contribution in [1.29, 1.82) is 0 Å². The van der Waals surface area contributed by atoms with E-state index < -0.39 is 29.1 Å². The number of alkyl halides is 3. The summed E-state index contributed by atoms with van der Waals surface area (Å²) in [4.78, 5) is 23.5. The molecule has 0 heterocycles. The highest BCUT2D eigenvalue weighted by atomic mass is 32.2. The van der Waals surface area contributed by atoms with Crippen LogP contribution >= 0.6 is 11.8 Å². The second-order valence-electron chi connectivity index (χ2n) is 7.91. The van der Waals surface area contributed by atoms with Crippen LogP contribution in [0.15, 0.2) is 47.4 Å². The lowest BCUT2D eigenvalue weighted by atomic mass is 9.90. The summed E-state index contributed by atoms with van der Waals surface area (Å²) in [5, 5.41) is 9.31. The summed E-state index contributed by atoms with van der Waals surface area (Å²) >= 11 is 0.846. The topological polar surface area (TPSA) is 101 Å². The number of aryl methyl sites for hydroxylation is 1. The zero-order chi connectivity index (χ0) is 25.8. The highest BCUT2D eigenvalue weighted by molar-refractivity contribution is 8.14. The highest BCUT2D eigenvalue weighted by Crippen LogP contribution is 2.32. The number of hydrogen-bond donors (Lipinski definition) is 1. The number of halogens is 3.